The van der Waals surface area contributed by atoms with Crippen molar-refractivity contribution in [3.63, 3.8) is 0 Å². The third-order valence-corrected chi connectivity index (χ3v) is 0.387. The van der Waals surface area contributed by atoms with E-state index in [1.54, 1.807) is 0 Å². The Morgan fingerprint density at radius 1 is 1.57 bits per heavy atom. The first-order valence-corrected chi connectivity index (χ1v) is 1.83. The molecule has 0 rings (SSSR count). The molecule has 0 amide bonds. The van der Waals surface area contributed by atoms with Gasteiger partial charge >= 0.3 is 7.12 Å². The van der Waals surface area contributed by atoms with Gasteiger partial charge in [0.1, 0.15) is 0 Å². The lowest BCUT2D eigenvalue weighted by molar-refractivity contribution is 0.335. The van der Waals surface area contributed by atoms with Gasteiger partial charge in [0.2, 0.25) is 0 Å². The van der Waals surface area contributed by atoms with Crippen LogP contribution in [0.1, 0.15) is 0 Å². The normalized spacial score (nSPS) is 9.57. The molecule has 0 heterocycles. The van der Waals surface area contributed by atoms with Gasteiger partial charge in [0.25, 0.3) is 0 Å². The Balaban J connectivity index is 3.08. The summed E-state index contributed by atoms with van der Waals surface area (Å²) in [6.45, 7) is 0. The number of hydrogen-bond donors (Lipinski definition) is 2. The predicted molar refractivity (Wildman–Crippen MR) is 26.3 cm³/mol. The maximum absolute atomic E-state index is 8.07. The number of rotatable bonds is 2. The van der Waals surface area contributed by atoms with Crippen LogP contribution in [0.15, 0.2) is 12.2 Å². The highest BCUT2D eigenvalue weighted by Gasteiger charge is 1.95. The molecular weight excluding hydrogens is 94.8 g/mol. The standard InChI is InChI=1S/C3H7BO3/c1-7-3-2-4(5)6/h2-3,5-6H,1H3. The van der Waals surface area contributed by atoms with E-state index in [-0.39, 0.29) is 0 Å². The van der Waals surface area contributed by atoms with Gasteiger partial charge in [-0.3, -0.25) is 0 Å². The first kappa shape index (κ1) is 6.52. The lowest BCUT2D eigenvalue weighted by Gasteiger charge is -1.84. The first-order chi connectivity index (χ1) is 3.27. The molecule has 0 bridgehead atoms. The largest absolute Gasteiger partial charge is 0.505 e. The van der Waals surface area contributed by atoms with E-state index in [4.69, 9.17) is 10.0 Å². The van der Waals surface area contributed by atoms with Gasteiger partial charge in [-0.1, -0.05) is 0 Å². The molecule has 0 aromatic heterocycles. The molecule has 0 aromatic carbocycles. The molecule has 0 aliphatic rings. The summed E-state index contributed by atoms with van der Waals surface area (Å²) < 4.78 is 4.35. The highest BCUT2D eigenvalue weighted by molar-refractivity contribution is 6.47. The minimum atomic E-state index is -1.40. The van der Waals surface area contributed by atoms with Crippen LogP contribution in [0.25, 0.3) is 0 Å². The minimum Gasteiger partial charge on any atom is -0.505 e. The second-order valence-electron chi connectivity index (χ2n) is 0.978. The van der Waals surface area contributed by atoms with E-state index in [1.807, 2.05) is 0 Å². The Morgan fingerprint density at radius 3 is 2.29 bits per heavy atom. The fourth-order valence-corrected chi connectivity index (χ4v) is 0.149. The van der Waals surface area contributed by atoms with Gasteiger partial charge in [-0.15, -0.1) is 0 Å². The van der Waals surface area contributed by atoms with Crippen LogP contribution < -0.4 is 0 Å². The Labute approximate surface area is 42.4 Å². The summed E-state index contributed by atoms with van der Waals surface area (Å²) in [6.07, 6.45) is 1.20. The van der Waals surface area contributed by atoms with Gasteiger partial charge in [-0.2, -0.15) is 0 Å². The van der Waals surface area contributed by atoms with Crippen LogP contribution in [0.3, 0.4) is 0 Å². The molecule has 0 spiro atoms. The third kappa shape index (κ3) is 5.52. The lowest BCUT2D eigenvalue weighted by atomic mass is 9.93. The summed E-state index contributed by atoms with van der Waals surface area (Å²) >= 11 is 0. The van der Waals surface area contributed by atoms with Crippen molar-refractivity contribution in [1.82, 2.24) is 0 Å². The second-order valence-corrected chi connectivity index (χ2v) is 0.978. The van der Waals surface area contributed by atoms with Gasteiger partial charge < -0.3 is 14.8 Å². The minimum absolute atomic E-state index is 1.11. The number of hydrogen-bond acceptors (Lipinski definition) is 3. The zero-order chi connectivity index (χ0) is 5.70. The molecule has 40 valence electrons. The quantitative estimate of drug-likeness (QED) is 0.353. The van der Waals surface area contributed by atoms with Crippen LogP contribution >= 0.6 is 0 Å². The predicted octanol–water partition coefficient (Wildman–Crippen LogP) is -0.842. The van der Waals surface area contributed by atoms with E-state index in [1.165, 1.54) is 13.4 Å². The molecular formula is C3H7BO3. The molecule has 0 aromatic rings. The van der Waals surface area contributed by atoms with Crippen molar-refractivity contribution in [2.24, 2.45) is 0 Å². The first-order valence-electron chi connectivity index (χ1n) is 1.83. The summed E-state index contributed by atoms with van der Waals surface area (Å²) in [7, 11) is 0.0266. The van der Waals surface area contributed by atoms with E-state index in [0.29, 0.717) is 0 Å². The van der Waals surface area contributed by atoms with E-state index < -0.39 is 7.12 Å². The maximum Gasteiger partial charge on any atom is 0.483 e. The lowest BCUT2D eigenvalue weighted by Crippen LogP contribution is -2.05. The fraction of sp³-hybridized carbons (Fsp3) is 0.333. The van der Waals surface area contributed by atoms with E-state index in [0.717, 1.165) is 5.98 Å². The van der Waals surface area contributed by atoms with Gasteiger partial charge in [0, 0.05) is 0 Å². The van der Waals surface area contributed by atoms with Crippen LogP contribution in [-0.2, 0) is 4.74 Å². The maximum atomic E-state index is 8.07. The van der Waals surface area contributed by atoms with Crippen molar-refractivity contribution in [2.45, 2.75) is 0 Å². The molecule has 0 unspecified atom stereocenters. The van der Waals surface area contributed by atoms with Gasteiger partial charge in [0.15, 0.2) is 0 Å². The monoisotopic (exact) mass is 102 g/mol. The summed E-state index contributed by atoms with van der Waals surface area (Å²) in [5, 5.41) is 16.1. The highest BCUT2D eigenvalue weighted by atomic mass is 16.5. The van der Waals surface area contributed by atoms with Crippen LogP contribution in [0.4, 0.5) is 0 Å². The SMILES string of the molecule is COC=CB(O)O. The van der Waals surface area contributed by atoms with E-state index in [9.17, 15) is 0 Å². The topological polar surface area (TPSA) is 49.7 Å². The molecule has 2 N–H and O–H groups in total. The van der Waals surface area contributed by atoms with E-state index >= 15 is 0 Å². The zero-order valence-electron chi connectivity index (χ0n) is 4.03. The Morgan fingerprint density at radius 2 is 2.14 bits per heavy atom. The van der Waals surface area contributed by atoms with Crippen molar-refractivity contribution < 1.29 is 14.8 Å². The fourth-order valence-electron chi connectivity index (χ4n) is 0.149. The van der Waals surface area contributed by atoms with Crippen molar-refractivity contribution in [2.75, 3.05) is 7.11 Å². The van der Waals surface area contributed by atoms with Crippen molar-refractivity contribution in [3.05, 3.63) is 12.2 Å². The molecule has 7 heavy (non-hydrogen) atoms. The van der Waals surface area contributed by atoms with Crippen molar-refractivity contribution in [1.29, 1.82) is 0 Å². The summed E-state index contributed by atoms with van der Waals surface area (Å²) in [5.74, 6) is 1.11. The van der Waals surface area contributed by atoms with Crippen LogP contribution in [0.5, 0.6) is 0 Å². The Kier molecular flexibility index (Phi) is 3.45. The highest BCUT2D eigenvalue weighted by Crippen LogP contribution is 1.72. The average Bonchev–Trinajstić information content (AvgIpc) is 1.61. The Bertz CT molecular complexity index is 61.2. The molecule has 4 heteroatoms. The van der Waals surface area contributed by atoms with Gasteiger partial charge in [-0.25, -0.2) is 0 Å². The number of methoxy groups -OCH3 is 1. The molecule has 0 atom stereocenters. The average molecular weight is 102 g/mol. The number of ether oxygens (including phenoxy) is 1. The summed E-state index contributed by atoms with van der Waals surface area (Å²) in [6, 6.07) is 0. The van der Waals surface area contributed by atoms with Crippen molar-refractivity contribution in [3.8, 4) is 0 Å². The molecule has 0 saturated carbocycles. The molecule has 0 fully saturated rings. The second kappa shape index (κ2) is 3.71. The van der Waals surface area contributed by atoms with Crippen LogP contribution in [0.2, 0.25) is 0 Å². The summed E-state index contributed by atoms with van der Waals surface area (Å²) in [5.41, 5.74) is 0. The Hall–Kier alpha value is -0.475. The van der Waals surface area contributed by atoms with Gasteiger partial charge in [-0.05, 0) is 5.98 Å². The molecule has 0 saturated heterocycles. The smallest absolute Gasteiger partial charge is 0.483 e. The van der Waals surface area contributed by atoms with Crippen LogP contribution in [-0.4, -0.2) is 24.3 Å². The summed E-state index contributed by atoms with van der Waals surface area (Å²) in [4.78, 5) is 0. The van der Waals surface area contributed by atoms with Crippen molar-refractivity contribution >= 4 is 7.12 Å². The molecule has 0 radical (unpaired) electrons. The van der Waals surface area contributed by atoms with Crippen LogP contribution in [0, 0.1) is 0 Å². The third-order valence-electron chi connectivity index (χ3n) is 0.387. The zero-order valence-corrected chi connectivity index (χ0v) is 4.03. The molecule has 0 aliphatic heterocycles. The molecule has 0 aliphatic carbocycles. The van der Waals surface area contributed by atoms with Gasteiger partial charge in [0.05, 0.1) is 13.4 Å². The van der Waals surface area contributed by atoms with E-state index in [2.05, 4.69) is 4.74 Å². The molecule has 3 nitrogen and oxygen atoms in total.